The Morgan fingerprint density at radius 1 is 1.14 bits per heavy atom. The number of hydrogen-bond donors (Lipinski definition) is 2. The highest BCUT2D eigenvalue weighted by molar-refractivity contribution is 7.16. The SMILES string of the molecule is COC(=O)c1ccc(C(=O)N/N=C(\C)c2csc(-c3ccc(Cl)c(Cl)c3)c2O)s1. The third kappa shape index (κ3) is 4.62. The summed E-state index contributed by atoms with van der Waals surface area (Å²) in [6.45, 7) is 1.66. The molecular weight excluding hydrogens is 455 g/mol. The normalized spacial score (nSPS) is 11.4. The van der Waals surface area contributed by atoms with E-state index in [1.165, 1.54) is 30.6 Å². The van der Waals surface area contributed by atoms with Crippen LogP contribution in [0.15, 0.2) is 40.8 Å². The lowest BCUT2D eigenvalue weighted by atomic mass is 10.1. The molecule has 0 aliphatic heterocycles. The first-order valence-electron chi connectivity index (χ1n) is 8.10. The molecule has 0 fully saturated rings. The van der Waals surface area contributed by atoms with Crippen LogP contribution >= 0.6 is 45.9 Å². The third-order valence-corrected chi connectivity index (χ3v) is 6.70. The number of thiophene rings is 2. The van der Waals surface area contributed by atoms with Crippen LogP contribution in [0.25, 0.3) is 10.4 Å². The molecule has 6 nitrogen and oxygen atoms in total. The first-order valence-corrected chi connectivity index (χ1v) is 10.6. The second kappa shape index (κ2) is 8.96. The Morgan fingerprint density at radius 3 is 2.55 bits per heavy atom. The number of hydrogen-bond acceptors (Lipinski definition) is 7. The van der Waals surface area contributed by atoms with Gasteiger partial charge in [0.1, 0.15) is 10.6 Å². The van der Waals surface area contributed by atoms with Crippen LogP contribution in [0.5, 0.6) is 5.75 Å². The Bertz CT molecular complexity index is 1120. The number of halogens is 2. The average molecular weight is 469 g/mol. The van der Waals surface area contributed by atoms with Gasteiger partial charge in [-0.15, -0.1) is 22.7 Å². The molecular formula is C19H14Cl2N2O4S2. The van der Waals surface area contributed by atoms with Crippen molar-refractivity contribution < 1.29 is 19.4 Å². The van der Waals surface area contributed by atoms with E-state index >= 15 is 0 Å². The lowest BCUT2D eigenvalue weighted by molar-refractivity contribution is 0.0606. The van der Waals surface area contributed by atoms with Gasteiger partial charge in [-0.1, -0.05) is 29.3 Å². The van der Waals surface area contributed by atoms with E-state index in [0.717, 1.165) is 16.9 Å². The fourth-order valence-corrected chi connectivity index (χ4v) is 4.49. The van der Waals surface area contributed by atoms with E-state index in [9.17, 15) is 14.7 Å². The molecule has 0 saturated carbocycles. The predicted octanol–water partition coefficient (Wildman–Crippen LogP) is 5.43. The molecule has 0 aliphatic carbocycles. The highest BCUT2D eigenvalue weighted by atomic mass is 35.5. The zero-order valence-electron chi connectivity index (χ0n) is 15.2. The van der Waals surface area contributed by atoms with Gasteiger partial charge in [-0.2, -0.15) is 5.10 Å². The van der Waals surface area contributed by atoms with Gasteiger partial charge in [0.25, 0.3) is 5.91 Å². The smallest absolute Gasteiger partial charge is 0.348 e. The Labute approximate surface area is 184 Å². The quantitative estimate of drug-likeness (QED) is 0.296. The van der Waals surface area contributed by atoms with Gasteiger partial charge in [0.15, 0.2) is 0 Å². The second-order valence-electron chi connectivity index (χ2n) is 5.75. The van der Waals surface area contributed by atoms with Crippen LogP contribution in [0.4, 0.5) is 0 Å². The van der Waals surface area contributed by atoms with Gasteiger partial charge in [-0.05, 0) is 36.8 Å². The molecule has 0 radical (unpaired) electrons. The number of hydrazone groups is 1. The largest absolute Gasteiger partial charge is 0.506 e. The maximum atomic E-state index is 12.2. The number of benzene rings is 1. The molecule has 3 rings (SSSR count). The molecule has 2 N–H and O–H groups in total. The second-order valence-corrected chi connectivity index (χ2v) is 8.53. The summed E-state index contributed by atoms with van der Waals surface area (Å²) in [5, 5.41) is 17.2. The fraction of sp³-hybridized carbons (Fsp3) is 0.105. The van der Waals surface area contributed by atoms with E-state index in [2.05, 4.69) is 15.3 Å². The molecule has 1 amide bonds. The van der Waals surface area contributed by atoms with Crippen molar-refractivity contribution in [3.8, 4) is 16.2 Å². The molecule has 0 unspecified atom stereocenters. The summed E-state index contributed by atoms with van der Waals surface area (Å²) >= 11 is 14.3. The van der Waals surface area contributed by atoms with Crippen molar-refractivity contribution in [3.05, 3.63) is 61.1 Å². The lowest BCUT2D eigenvalue weighted by Gasteiger charge is -2.04. The first-order chi connectivity index (χ1) is 13.8. The van der Waals surface area contributed by atoms with Crippen molar-refractivity contribution in [3.63, 3.8) is 0 Å². The van der Waals surface area contributed by atoms with Crippen molar-refractivity contribution in [1.29, 1.82) is 0 Å². The van der Waals surface area contributed by atoms with E-state index in [1.807, 2.05) is 0 Å². The number of carbonyl (C=O) groups excluding carboxylic acids is 2. The maximum Gasteiger partial charge on any atom is 0.348 e. The summed E-state index contributed by atoms with van der Waals surface area (Å²) in [4.78, 5) is 25.0. The zero-order chi connectivity index (χ0) is 21.1. The first kappa shape index (κ1) is 21.3. The molecule has 1 aromatic carbocycles. The van der Waals surface area contributed by atoms with Crippen molar-refractivity contribution in [1.82, 2.24) is 5.43 Å². The van der Waals surface area contributed by atoms with Crippen molar-refractivity contribution in [2.75, 3.05) is 7.11 Å². The highest BCUT2D eigenvalue weighted by Crippen LogP contribution is 2.40. The Hall–Kier alpha value is -2.39. The summed E-state index contributed by atoms with van der Waals surface area (Å²) in [6.07, 6.45) is 0. The van der Waals surface area contributed by atoms with E-state index in [-0.39, 0.29) is 5.75 Å². The van der Waals surface area contributed by atoms with Gasteiger partial charge >= 0.3 is 5.97 Å². The van der Waals surface area contributed by atoms with Gasteiger partial charge in [0, 0.05) is 5.38 Å². The van der Waals surface area contributed by atoms with Crippen molar-refractivity contribution >= 4 is 63.5 Å². The van der Waals surface area contributed by atoms with Crippen LogP contribution < -0.4 is 5.43 Å². The molecule has 29 heavy (non-hydrogen) atoms. The summed E-state index contributed by atoms with van der Waals surface area (Å²) in [6, 6.07) is 8.11. The molecule has 3 aromatic rings. The Morgan fingerprint density at radius 2 is 1.86 bits per heavy atom. The molecule has 10 heteroatoms. The van der Waals surface area contributed by atoms with Crippen molar-refractivity contribution in [2.45, 2.75) is 6.92 Å². The van der Waals surface area contributed by atoms with E-state index < -0.39 is 11.9 Å². The summed E-state index contributed by atoms with van der Waals surface area (Å²) in [7, 11) is 1.27. The van der Waals surface area contributed by atoms with Crippen LogP contribution in [0, 0.1) is 0 Å². The van der Waals surface area contributed by atoms with E-state index in [1.54, 1.807) is 30.5 Å². The number of nitrogens with zero attached hydrogens (tertiary/aromatic N) is 1. The molecule has 0 saturated heterocycles. The maximum absolute atomic E-state index is 12.2. The molecule has 150 valence electrons. The number of esters is 1. The minimum absolute atomic E-state index is 0.0352. The Kier molecular flexibility index (Phi) is 6.59. The molecule has 0 atom stereocenters. The Balaban J connectivity index is 1.77. The van der Waals surface area contributed by atoms with Gasteiger partial charge in [-0.25, -0.2) is 10.2 Å². The van der Waals surface area contributed by atoms with Gasteiger partial charge in [-0.3, -0.25) is 4.79 Å². The number of methoxy groups -OCH3 is 1. The van der Waals surface area contributed by atoms with Crippen molar-refractivity contribution in [2.24, 2.45) is 5.10 Å². The third-order valence-electron chi connectivity index (χ3n) is 3.88. The highest BCUT2D eigenvalue weighted by Gasteiger charge is 2.17. The zero-order valence-corrected chi connectivity index (χ0v) is 18.3. The summed E-state index contributed by atoms with van der Waals surface area (Å²) < 4.78 is 4.62. The molecule has 0 aliphatic rings. The number of nitrogens with one attached hydrogen (secondary N) is 1. The van der Waals surface area contributed by atoms with E-state index in [0.29, 0.717) is 36.0 Å². The van der Waals surface area contributed by atoms with Crippen LogP contribution in [0.2, 0.25) is 10.0 Å². The fourth-order valence-electron chi connectivity index (χ4n) is 2.37. The summed E-state index contributed by atoms with van der Waals surface area (Å²) in [5.74, 6) is -0.941. The van der Waals surface area contributed by atoms with Crippen LogP contribution in [0.1, 0.15) is 31.8 Å². The minimum Gasteiger partial charge on any atom is -0.506 e. The van der Waals surface area contributed by atoms with Crippen LogP contribution in [-0.4, -0.2) is 29.8 Å². The molecule has 0 spiro atoms. The van der Waals surface area contributed by atoms with E-state index in [4.69, 9.17) is 23.2 Å². The molecule has 2 aromatic heterocycles. The predicted molar refractivity (Wildman–Crippen MR) is 117 cm³/mol. The monoisotopic (exact) mass is 468 g/mol. The van der Waals surface area contributed by atoms with Gasteiger partial charge in [0.2, 0.25) is 0 Å². The van der Waals surface area contributed by atoms with Crippen LogP contribution in [0.3, 0.4) is 0 Å². The average Bonchev–Trinajstić information content (AvgIpc) is 3.34. The number of carbonyl (C=O) groups is 2. The van der Waals surface area contributed by atoms with Gasteiger partial charge in [0.05, 0.1) is 38.2 Å². The number of rotatable bonds is 5. The topological polar surface area (TPSA) is 88.0 Å². The minimum atomic E-state index is -0.508. The molecule has 0 bridgehead atoms. The van der Waals surface area contributed by atoms with Gasteiger partial charge < -0.3 is 9.84 Å². The number of amides is 1. The molecule has 2 heterocycles. The van der Waals surface area contributed by atoms with Crippen LogP contribution in [-0.2, 0) is 4.74 Å². The standard InChI is InChI=1S/C19H14Cl2N2O4S2/c1-9(22-23-18(25)14-5-6-15(29-14)19(26)27-2)11-8-28-17(16(11)24)10-3-4-12(20)13(21)7-10/h3-8,24H,1-2H3,(H,23,25)/b22-9+. The number of aromatic hydroxyl groups is 1. The lowest BCUT2D eigenvalue weighted by Crippen LogP contribution is -2.18. The summed E-state index contributed by atoms with van der Waals surface area (Å²) in [5.41, 5.74) is 4.05. The number of ether oxygens (including phenoxy) is 1.